The maximum atomic E-state index is 5.89. The highest BCUT2D eigenvalue weighted by atomic mass is 16.5. The SMILES string of the molecule is CCNC(C(C)CCOC)C1CCCCO1. The number of hydrogen-bond donors (Lipinski definition) is 1. The van der Waals surface area contributed by atoms with Crippen molar-refractivity contribution in [1.29, 1.82) is 0 Å². The Balaban J connectivity index is 2.43. The summed E-state index contributed by atoms with van der Waals surface area (Å²) >= 11 is 0. The number of methoxy groups -OCH3 is 1. The Morgan fingerprint density at radius 3 is 2.81 bits per heavy atom. The molecule has 0 saturated carbocycles. The molecule has 3 unspecified atom stereocenters. The zero-order valence-corrected chi connectivity index (χ0v) is 11.0. The molecule has 1 saturated heterocycles. The zero-order valence-electron chi connectivity index (χ0n) is 11.0. The predicted octanol–water partition coefficient (Wildman–Crippen LogP) is 2.21. The van der Waals surface area contributed by atoms with E-state index in [1.165, 1.54) is 19.3 Å². The van der Waals surface area contributed by atoms with Crippen LogP contribution < -0.4 is 5.32 Å². The van der Waals surface area contributed by atoms with Crippen LogP contribution in [-0.2, 0) is 9.47 Å². The molecule has 0 aliphatic carbocycles. The van der Waals surface area contributed by atoms with Crippen LogP contribution in [0.4, 0.5) is 0 Å². The second-order valence-electron chi connectivity index (χ2n) is 4.75. The van der Waals surface area contributed by atoms with Gasteiger partial charge < -0.3 is 14.8 Å². The minimum Gasteiger partial charge on any atom is -0.385 e. The molecule has 96 valence electrons. The first-order chi connectivity index (χ1) is 7.79. The van der Waals surface area contributed by atoms with Gasteiger partial charge in [-0.3, -0.25) is 0 Å². The van der Waals surface area contributed by atoms with E-state index in [1.807, 2.05) is 0 Å². The molecular formula is C13H27NO2. The Morgan fingerprint density at radius 1 is 1.44 bits per heavy atom. The third-order valence-electron chi connectivity index (χ3n) is 3.45. The average molecular weight is 229 g/mol. The fourth-order valence-corrected chi connectivity index (χ4v) is 2.47. The molecule has 0 aromatic heterocycles. The standard InChI is InChI=1S/C13H27NO2/c1-4-14-13(11(2)8-10-15-3)12-7-5-6-9-16-12/h11-14H,4-10H2,1-3H3. The molecule has 3 atom stereocenters. The fraction of sp³-hybridized carbons (Fsp3) is 1.00. The van der Waals surface area contributed by atoms with E-state index in [2.05, 4.69) is 19.2 Å². The van der Waals surface area contributed by atoms with E-state index >= 15 is 0 Å². The summed E-state index contributed by atoms with van der Waals surface area (Å²) < 4.78 is 11.0. The number of likely N-dealkylation sites (N-methyl/N-ethyl adjacent to an activating group) is 1. The Hall–Kier alpha value is -0.120. The summed E-state index contributed by atoms with van der Waals surface area (Å²) in [5, 5.41) is 3.58. The molecule has 16 heavy (non-hydrogen) atoms. The van der Waals surface area contributed by atoms with Crippen LogP contribution >= 0.6 is 0 Å². The lowest BCUT2D eigenvalue weighted by atomic mass is 9.90. The Morgan fingerprint density at radius 2 is 2.25 bits per heavy atom. The maximum absolute atomic E-state index is 5.89. The molecular weight excluding hydrogens is 202 g/mol. The molecule has 0 spiro atoms. The van der Waals surface area contributed by atoms with Gasteiger partial charge in [-0.2, -0.15) is 0 Å². The molecule has 3 nitrogen and oxygen atoms in total. The maximum Gasteiger partial charge on any atom is 0.0730 e. The fourth-order valence-electron chi connectivity index (χ4n) is 2.47. The molecule has 0 aromatic rings. The van der Waals surface area contributed by atoms with Crippen LogP contribution in [0.25, 0.3) is 0 Å². The monoisotopic (exact) mass is 229 g/mol. The van der Waals surface area contributed by atoms with Gasteiger partial charge in [0.05, 0.1) is 6.10 Å². The van der Waals surface area contributed by atoms with E-state index < -0.39 is 0 Å². The van der Waals surface area contributed by atoms with E-state index in [1.54, 1.807) is 7.11 Å². The predicted molar refractivity (Wildman–Crippen MR) is 66.7 cm³/mol. The number of rotatable bonds is 7. The van der Waals surface area contributed by atoms with Gasteiger partial charge in [-0.25, -0.2) is 0 Å². The molecule has 1 fully saturated rings. The average Bonchev–Trinajstić information content (AvgIpc) is 2.34. The summed E-state index contributed by atoms with van der Waals surface area (Å²) in [6, 6.07) is 0.487. The van der Waals surface area contributed by atoms with Crippen LogP contribution in [0, 0.1) is 5.92 Å². The van der Waals surface area contributed by atoms with Gasteiger partial charge in [0.2, 0.25) is 0 Å². The molecule has 1 aliphatic heterocycles. The van der Waals surface area contributed by atoms with Gasteiger partial charge in [0.15, 0.2) is 0 Å². The van der Waals surface area contributed by atoms with Gasteiger partial charge >= 0.3 is 0 Å². The smallest absolute Gasteiger partial charge is 0.0730 e. The zero-order chi connectivity index (χ0) is 11.8. The van der Waals surface area contributed by atoms with Crippen molar-refractivity contribution in [3.05, 3.63) is 0 Å². The highest BCUT2D eigenvalue weighted by molar-refractivity contribution is 4.83. The number of ether oxygens (including phenoxy) is 2. The van der Waals surface area contributed by atoms with Gasteiger partial charge in [0.25, 0.3) is 0 Å². The number of hydrogen-bond acceptors (Lipinski definition) is 3. The van der Waals surface area contributed by atoms with E-state index in [0.29, 0.717) is 18.1 Å². The van der Waals surface area contributed by atoms with Gasteiger partial charge in [-0.05, 0) is 38.1 Å². The van der Waals surface area contributed by atoms with Gasteiger partial charge in [-0.1, -0.05) is 13.8 Å². The summed E-state index contributed by atoms with van der Waals surface area (Å²) in [4.78, 5) is 0. The summed E-state index contributed by atoms with van der Waals surface area (Å²) in [6.45, 7) is 7.25. The number of nitrogens with one attached hydrogen (secondary N) is 1. The van der Waals surface area contributed by atoms with Crippen LogP contribution in [0.15, 0.2) is 0 Å². The minimum absolute atomic E-state index is 0.403. The van der Waals surface area contributed by atoms with Gasteiger partial charge in [0, 0.05) is 26.4 Å². The topological polar surface area (TPSA) is 30.5 Å². The molecule has 0 aromatic carbocycles. The van der Waals surface area contributed by atoms with E-state index in [0.717, 1.165) is 26.2 Å². The van der Waals surface area contributed by atoms with Crippen molar-refractivity contribution in [2.75, 3.05) is 26.9 Å². The summed E-state index contributed by atoms with van der Waals surface area (Å²) in [6.07, 6.45) is 5.24. The van der Waals surface area contributed by atoms with Crippen molar-refractivity contribution in [2.45, 2.75) is 51.7 Å². The first-order valence-corrected chi connectivity index (χ1v) is 6.63. The van der Waals surface area contributed by atoms with Crippen molar-refractivity contribution in [3.8, 4) is 0 Å². The molecule has 1 heterocycles. The molecule has 0 amide bonds. The van der Waals surface area contributed by atoms with Crippen molar-refractivity contribution in [3.63, 3.8) is 0 Å². The van der Waals surface area contributed by atoms with E-state index in [4.69, 9.17) is 9.47 Å². The second-order valence-corrected chi connectivity index (χ2v) is 4.75. The lowest BCUT2D eigenvalue weighted by Crippen LogP contribution is -2.47. The normalized spacial score (nSPS) is 25.3. The quantitative estimate of drug-likeness (QED) is 0.726. The van der Waals surface area contributed by atoms with Crippen LogP contribution in [0.5, 0.6) is 0 Å². The summed E-state index contributed by atoms with van der Waals surface area (Å²) in [5.41, 5.74) is 0. The van der Waals surface area contributed by atoms with Crippen LogP contribution in [0.3, 0.4) is 0 Å². The second kappa shape index (κ2) is 8.04. The van der Waals surface area contributed by atoms with Gasteiger partial charge in [0.1, 0.15) is 0 Å². The Bertz CT molecular complexity index is 169. The molecule has 3 heteroatoms. The molecule has 1 aliphatic rings. The van der Waals surface area contributed by atoms with Crippen LogP contribution in [-0.4, -0.2) is 39.0 Å². The van der Waals surface area contributed by atoms with E-state index in [-0.39, 0.29) is 0 Å². The van der Waals surface area contributed by atoms with Gasteiger partial charge in [-0.15, -0.1) is 0 Å². The molecule has 1 rings (SSSR count). The van der Waals surface area contributed by atoms with Crippen molar-refractivity contribution in [1.82, 2.24) is 5.32 Å². The molecule has 1 N–H and O–H groups in total. The Labute approximate surface area is 99.9 Å². The lowest BCUT2D eigenvalue weighted by Gasteiger charge is -2.34. The molecule has 0 radical (unpaired) electrons. The van der Waals surface area contributed by atoms with Crippen molar-refractivity contribution < 1.29 is 9.47 Å². The Kier molecular flexibility index (Phi) is 7.01. The first-order valence-electron chi connectivity index (χ1n) is 6.63. The van der Waals surface area contributed by atoms with Crippen LogP contribution in [0.2, 0.25) is 0 Å². The molecule has 0 bridgehead atoms. The minimum atomic E-state index is 0.403. The van der Waals surface area contributed by atoms with Crippen molar-refractivity contribution in [2.24, 2.45) is 5.92 Å². The largest absolute Gasteiger partial charge is 0.385 e. The van der Waals surface area contributed by atoms with Crippen molar-refractivity contribution >= 4 is 0 Å². The third-order valence-corrected chi connectivity index (χ3v) is 3.45. The third kappa shape index (κ3) is 4.40. The summed E-state index contributed by atoms with van der Waals surface area (Å²) in [5.74, 6) is 0.614. The highest BCUT2D eigenvalue weighted by Gasteiger charge is 2.27. The summed E-state index contributed by atoms with van der Waals surface area (Å²) in [7, 11) is 1.77. The first kappa shape index (κ1) is 13.9. The van der Waals surface area contributed by atoms with Crippen LogP contribution in [0.1, 0.15) is 39.5 Å². The lowest BCUT2D eigenvalue weighted by molar-refractivity contribution is -0.0217. The van der Waals surface area contributed by atoms with E-state index in [9.17, 15) is 0 Å². The highest BCUT2D eigenvalue weighted by Crippen LogP contribution is 2.22.